The van der Waals surface area contributed by atoms with Crippen LogP contribution < -0.4 is 15.0 Å². The number of hydrogen-bond acceptors (Lipinski definition) is 4. The number of aliphatic hydroxyl groups excluding tert-OH is 1. The van der Waals surface area contributed by atoms with Crippen molar-refractivity contribution < 1.29 is 14.6 Å². The number of nitrogens with zero attached hydrogens (tertiary/aromatic N) is 1. The average molecular weight is 236 g/mol. The minimum atomic E-state index is -0.505. The van der Waals surface area contributed by atoms with Gasteiger partial charge in [-0.1, -0.05) is 0 Å². The number of ether oxygens (including phenoxy) is 1. The molecule has 17 heavy (non-hydrogen) atoms. The Morgan fingerprint density at radius 2 is 2.29 bits per heavy atom. The molecule has 0 radical (unpaired) electrons. The molecule has 1 aromatic carbocycles. The summed E-state index contributed by atoms with van der Waals surface area (Å²) in [6.07, 6.45) is -0.505. The van der Waals surface area contributed by atoms with E-state index in [1.165, 1.54) is 0 Å². The molecule has 0 spiro atoms. The third kappa shape index (κ3) is 2.06. The minimum Gasteiger partial charge on any atom is -0.479 e. The van der Waals surface area contributed by atoms with Crippen molar-refractivity contribution in [2.75, 3.05) is 30.4 Å². The number of aliphatic hydroxyl groups is 1. The number of benzene rings is 1. The van der Waals surface area contributed by atoms with Gasteiger partial charge in [-0.15, -0.1) is 0 Å². The summed E-state index contributed by atoms with van der Waals surface area (Å²) in [5, 5.41) is 12.0. The van der Waals surface area contributed by atoms with Gasteiger partial charge in [0.2, 0.25) is 0 Å². The van der Waals surface area contributed by atoms with Crippen LogP contribution in [0.5, 0.6) is 5.75 Å². The summed E-state index contributed by atoms with van der Waals surface area (Å²) in [6, 6.07) is 5.56. The Morgan fingerprint density at radius 1 is 1.53 bits per heavy atom. The molecule has 2 rings (SSSR count). The lowest BCUT2D eigenvalue weighted by Crippen LogP contribution is -2.45. The van der Waals surface area contributed by atoms with Crippen molar-refractivity contribution in [2.45, 2.75) is 13.0 Å². The molecule has 1 heterocycles. The van der Waals surface area contributed by atoms with E-state index in [-0.39, 0.29) is 19.1 Å². The van der Waals surface area contributed by atoms with E-state index in [9.17, 15) is 4.79 Å². The Hall–Kier alpha value is -1.75. The number of carbonyl (C=O) groups excluding carboxylic acids is 1. The molecule has 0 fully saturated rings. The highest BCUT2D eigenvalue weighted by Crippen LogP contribution is 2.35. The summed E-state index contributed by atoms with van der Waals surface area (Å²) in [6.45, 7) is 1.93. The fourth-order valence-corrected chi connectivity index (χ4v) is 1.89. The Balaban J connectivity index is 2.43. The van der Waals surface area contributed by atoms with Gasteiger partial charge in [0.1, 0.15) is 5.75 Å². The van der Waals surface area contributed by atoms with Crippen LogP contribution in [0.2, 0.25) is 0 Å². The van der Waals surface area contributed by atoms with Crippen molar-refractivity contribution in [1.82, 2.24) is 0 Å². The van der Waals surface area contributed by atoms with E-state index in [4.69, 9.17) is 9.84 Å². The van der Waals surface area contributed by atoms with Crippen LogP contribution in [-0.4, -0.2) is 37.3 Å². The zero-order valence-electron chi connectivity index (χ0n) is 9.93. The molecule has 1 atom stereocenters. The van der Waals surface area contributed by atoms with Gasteiger partial charge in [0.15, 0.2) is 6.10 Å². The second kappa shape index (κ2) is 4.63. The lowest BCUT2D eigenvalue weighted by molar-refractivity contribution is -0.125. The molecule has 1 amide bonds. The van der Waals surface area contributed by atoms with Gasteiger partial charge >= 0.3 is 0 Å². The van der Waals surface area contributed by atoms with E-state index in [0.29, 0.717) is 11.4 Å². The highest BCUT2D eigenvalue weighted by Gasteiger charge is 2.31. The van der Waals surface area contributed by atoms with Crippen LogP contribution in [0.15, 0.2) is 18.2 Å². The van der Waals surface area contributed by atoms with Crippen molar-refractivity contribution in [3.8, 4) is 5.75 Å². The van der Waals surface area contributed by atoms with Crippen molar-refractivity contribution >= 4 is 17.3 Å². The molecular weight excluding hydrogens is 220 g/mol. The molecule has 5 heteroatoms. The Morgan fingerprint density at radius 3 is 2.94 bits per heavy atom. The number of amides is 1. The number of nitrogens with one attached hydrogen (secondary N) is 1. The Labute approximate surface area is 100.0 Å². The van der Waals surface area contributed by atoms with Crippen molar-refractivity contribution in [1.29, 1.82) is 0 Å². The predicted molar refractivity (Wildman–Crippen MR) is 65.5 cm³/mol. The standard InChI is InChI=1S/C12H16N2O3/c1-8-12(16)14(5-6-15)10-7-9(13-2)3-4-11(10)17-8/h3-4,7-8,13,15H,5-6H2,1-2H3. The summed E-state index contributed by atoms with van der Waals surface area (Å²) >= 11 is 0. The third-order valence-electron chi connectivity index (χ3n) is 2.78. The molecule has 2 N–H and O–H groups in total. The van der Waals surface area contributed by atoms with E-state index in [2.05, 4.69) is 5.32 Å². The van der Waals surface area contributed by atoms with Crippen LogP contribution >= 0.6 is 0 Å². The second-order valence-corrected chi connectivity index (χ2v) is 3.91. The summed E-state index contributed by atoms with van der Waals surface area (Å²) in [7, 11) is 1.81. The van der Waals surface area contributed by atoms with E-state index < -0.39 is 6.10 Å². The quantitative estimate of drug-likeness (QED) is 0.816. The van der Waals surface area contributed by atoms with E-state index in [0.717, 1.165) is 5.69 Å². The monoisotopic (exact) mass is 236 g/mol. The summed E-state index contributed by atoms with van der Waals surface area (Å²) < 4.78 is 5.52. The van der Waals surface area contributed by atoms with Crippen molar-refractivity contribution in [2.24, 2.45) is 0 Å². The maximum Gasteiger partial charge on any atom is 0.267 e. The summed E-state index contributed by atoms with van der Waals surface area (Å²) in [4.78, 5) is 13.5. The maximum atomic E-state index is 11.9. The zero-order chi connectivity index (χ0) is 12.4. The van der Waals surface area contributed by atoms with Gasteiger partial charge in [0, 0.05) is 19.3 Å². The number of hydrogen-bond donors (Lipinski definition) is 2. The third-order valence-corrected chi connectivity index (χ3v) is 2.78. The molecule has 0 bridgehead atoms. The summed E-state index contributed by atoms with van der Waals surface area (Å²) in [5.74, 6) is 0.546. The van der Waals surface area contributed by atoms with Gasteiger partial charge in [-0.25, -0.2) is 0 Å². The Kier molecular flexibility index (Phi) is 3.19. The van der Waals surface area contributed by atoms with Gasteiger partial charge in [-0.3, -0.25) is 4.79 Å². The molecule has 1 aliphatic rings. The van der Waals surface area contributed by atoms with Crippen LogP contribution in [0, 0.1) is 0 Å². The zero-order valence-corrected chi connectivity index (χ0v) is 9.93. The maximum absolute atomic E-state index is 11.9. The predicted octanol–water partition coefficient (Wildman–Crippen LogP) is 0.834. The van der Waals surface area contributed by atoms with Crippen molar-refractivity contribution in [3.63, 3.8) is 0 Å². The molecule has 0 aliphatic carbocycles. The first-order chi connectivity index (χ1) is 8.17. The number of rotatable bonds is 3. The van der Waals surface area contributed by atoms with Crippen LogP contribution in [-0.2, 0) is 4.79 Å². The van der Waals surface area contributed by atoms with Gasteiger partial charge in [-0.2, -0.15) is 0 Å². The molecule has 0 aromatic heterocycles. The lowest BCUT2D eigenvalue weighted by atomic mass is 10.1. The van der Waals surface area contributed by atoms with Crippen LogP contribution in [0.1, 0.15) is 6.92 Å². The molecule has 0 saturated heterocycles. The molecular formula is C12H16N2O3. The first-order valence-corrected chi connectivity index (χ1v) is 5.58. The highest BCUT2D eigenvalue weighted by molar-refractivity contribution is 6.00. The van der Waals surface area contributed by atoms with Crippen LogP contribution in [0.4, 0.5) is 11.4 Å². The molecule has 1 unspecified atom stereocenters. The number of fused-ring (bicyclic) bond motifs is 1. The SMILES string of the molecule is CNc1ccc2c(c1)N(CCO)C(=O)C(C)O2. The van der Waals surface area contributed by atoms with E-state index in [1.807, 2.05) is 25.2 Å². The second-order valence-electron chi connectivity index (χ2n) is 3.91. The average Bonchev–Trinajstić information content (AvgIpc) is 2.34. The van der Waals surface area contributed by atoms with Crippen LogP contribution in [0.3, 0.4) is 0 Å². The Bertz CT molecular complexity index is 434. The molecule has 92 valence electrons. The number of β-amino-alcohol motifs (C(OH)–C–C–N with tert-alkyl or cyclic N) is 1. The first-order valence-electron chi connectivity index (χ1n) is 5.58. The van der Waals surface area contributed by atoms with Crippen LogP contribution in [0.25, 0.3) is 0 Å². The molecule has 5 nitrogen and oxygen atoms in total. The fraction of sp³-hybridized carbons (Fsp3) is 0.417. The van der Waals surface area contributed by atoms with E-state index in [1.54, 1.807) is 11.8 Å². The van der Waals surface area contributed by atoms with Gasteiger partial charge in [-0.05, 0) is 25.1 Å². The normalized spacial score (nSPS) is 18.6. The van der Waals surface area contributed by atoms with Gasteiger partial charge in [0.25, 0.3) is 5.91 Å². The van der Waals surface area contributed by atoms with E-state index >= 15 is 0 Å². The number of anilines is 2. The summed E-state index contributed by atoms with van der Waals surface area (Å²) in [5.41, 5.74) is 1.60. The highest BCUT2D eigenvalue weighted by atomic mass is 16.5. The first kappa shape index (κ1) is 11.7. The lowest BCUT2D eigenvalue weighted by Gasteiger charge is -2.32. The molecule has 1 aromatic rings. The number of carbonyl (C=O) groups is 1. The van der Waals surface area contributed by atoms with Crippen molar-refractivity contribution in [3.05, 3.63) is 18.2 Å². The smallest absolute Gasteiger partial charge is 0.267 e. The largest absolute Gasteiger partial charge is 0.479 e. The molecule has 1 aliphatic heterocycles. The fourth-order valence-electron chi connectivity index (χ4n) is 1.89. The molecule has 0 saturated carbocycles. The van der Waals surface area contributed by atoms with Gasteiger partial charge in [0.05, 0.1) is 12.3 Å². The minimum absolute atomic E-state index is 0.0678. The topological polar surface area (TPSA) is 61.8 Å². The van der Waals surface area contributed by atoms with Gasteiger partial charge < -0.3 is 20.1 Å².